The summed E-state index contributed by atoms with van der Waals surface area (Å²) >= 11 is 0. The molecule has 10 radical (unpaired) electrons. The molecule has 1 aliphatic heterocycles. The van der Waals surface area contributed by atoms with E-state index < -0.39 is 11.6 Å². The Balaban J connectivity index is 0.000000550. The summed E-state index contributed by atoms with van der Waals surface area (Å²) in [5.41, 5.74) is 0.805. The average molecular weight is 503 g/mol. The van der Waals surface area contributed by atoms with Crippen molar-refractivity contribution in [3.05, 3.63) is 48.2 Å². The van der Waals surface area contributed by atoms with Crippen LogP contribution in [0.1, 0.15) is 32.6 Å². The molecule has 2 aromatic rings. The molecule has 0 aliphatic carbocycles. The number of rotatable bonds is 9. The molecule has 1 saturated heterocycles. The molecule has 0 saturated carbocycles. The smallest absolute Gasteiger partial charge is 0.321 e. The van der Waals surface area contributed by atoms with Crippen molar-refractivity contribution in [2.24, 2.45) is 0 Å². The molecule has 2 heterocycles. The molecule has 1 aliphatic rings. The summed E-state index contributed by atoms with van der Waals surface area (Å²) in [6, 6.07) is 6.09. The maximum atomic E-state index is 13.9. The summed E-state index contributed by atoms with van der Waals surface area (Å²) in [6.07, 6.45) is 4.27. The molecule has 0 spiro atoms. The molecule has 184 valence electrons. The van der Waals surface area contributed by atoms with Crippen LogP contribution in [-0.2, 0) is 4.79 Å². The molecule has 16 heteroatoms. The first-order valence-electron chi connectivity index (χ1n) is 12.5. The van der Waals surface area contributed by atoms with Crippen molar-refractivity contribution in [2.75, 3.05) is 25.5 Å². The van der Waals surface area contributed by atoms with E-state index in [0.717, 1.165) is 37.5 Å². The van der Waals surface area contributed by atoms with Crippen LogP contribution in [0.15, 0.2) is 36.5 Å². The number of piperidine rings is 1. The van der Waals surface area contributed by atoms with E-state index >= 15 is 0 Å². The van der Waals surface area contributed by atoms with Crippen molar-refractivity contribution in [1.82, 2.24) is 14.8 Å². The minimum absolute atomic E-state index is 0.000000000000000222. The van der Waals surface area contributed by atoms with Gasteiger partial charge < -0.3 is 15.1 Å². The van der Waals surface area contributed by atoms with Gasteiger partial charge in [-0.3, -0.25) is 9.78 Å². The summed E-state index contributed by atoms with van der Waals surface area (Å²) < 4.78 is 27.3. The standard InChI is InChI=1S/C22H26F2N4O2.B8/c1-3-4-21(29)28-11-9-17(10-12-28)27(2)22(30)26-16-6-8-20(25-14-16)18-13-15(23)5-7-19(18)24;1-4-7-8(5-2)6-3/h5-8,13-14,17H,3-4,9-12H2,1-2H3,(H,26,30);. The number of carbonyl (C=O) groups excluding carboxylic acids is 2. The number of aromatic nitrogens is 1. The van der Waals surface area contributed by atoms with Crippen molar-refractivity contribution in [3.8, 4) is 11.3 Å². The maximum Gasteiger partial charge on any atom is 0.321 e. The van der Waals surface area contributed by atoms with Crippen LogP contribution in [0.2, 0.25) is 0 Å². The van der Waals surface area contributed by atoms with Crippen LogP contribution in [0, 0.1) is 11.6 Å². The predicted octanol–water partition coefficient (Wildman–Crippen LogP) is 1.24. The Labute approximate surface area is 232 Å². The molecule has 0 atom stereocenters. The van der Waals surface area contributed by atoms with Gasteiger partial charge in [-0.1, -0.05) is 6.92 Å². The Bertz CT molecular complexity index is 1030. The van der Waals surface area contributed by atoms with E-state index in [4.69, 9.17) is 23.2 Å². The second-order valence-electron chi connectivity index (χ2n) is 8.81. The van der Waals surface area contributed by atoms with Crippen LogP contribution in [-0.4, -0.2) is 111 Å². The van der Waals surface area contributed by atoms with Gasteiger partial charge >= 0.3 is 6.03 Å². The van der Waals surface area contributed by atoms with Crippen LogP contribution < -0.4 is 5.32 Å². The number of nitrogens with zero attached hydrogens (tertiary/aromatic N) is 3. The highest BCUT2D eigenvalue weighted by Crippen LogP contribution is 2.23. The normalized spacial score (nSPS) is 12.9. The van der Waals surface area contributed by atoms with Gasteiger partial charge in [-0.05, 0) is 49.6 Å². The van der Waals surface area contributed by atoms with Crippen molar-refractivity contribution >= 4 is 75.5 Å². The Morgan fingerprint density at radius 3 is 2.37 bits per heavy atom. The number of nitrogens with one attached hydrogen (secondary N) is 1. The molecule has 0 unspecified atom stereocenters. The summed E-state index contributed by atoms with van der Waals surface area (Å²) in [5.74, 6) is -0.942. The fraction of sp³-hybridized carbons (Fsp3) is 0.409. The lowest BCUT2D eigenvalue weighted by molar-refractivity contribution is -0.132. The van der Waals surface area contributed by atoms with Crippen LogP contribution in [0.3, 0.4) is 0 Å². The molecule has 3 rings (SSSR count). The van der Waals surface area contributed by atoms with E-state index in [1.807, 2.05) is 11.8 Å². The number of hydrogen-bond donors (Lipinski definition) is 1. The fourth-order valence-electron chi connectivity index (χ4n) is 3.89. The summed E-state index contributed by atoms with van der Waals surface area (Å²) in [7, 11) is 23.1. The number of anilines is 1. The van der Waals surface area contributed by atoms with Crippen LogP contribution >= 0.6 is 0 Å². The maximum absolute atomic E-state index is 13.9. The molecule has 6 nitrogen and oxygen atoms in total. The first-order chi connectivity index (χ1) is 18.2. The SMILES string of the molecule is CCCC(=O)N1CCC(N(C)C(=O)Nc2ccc(-c3cc(F)ccc3F)nc2)CC1.[B][B][B]B([B][B])[B][B]. The number of carbonyl (C=O) groups is 2. The second kappa shape index (κ2) is 16.5. The van der Waals surface area contributed by atoms with Gasteiger partial charge in [0.2, 0.25) is 5.91 Å². The number of amides is 3. The van der Waals surface area contributed by atoms with Gasteiger partial charge in [0.15, 0.2) is 0 Å². The topological polar surface area (TPSA) is 65.5 Å². The summed E-state index contributed by atoms with van der Waals surface area (Å²) in [6.45, 7) is 3.28. The van der Waals surface area contributed by atoms with E-state index in [-0.39, 0.29) is 35.6 Å². The van der Waals surface area contributed by atoms with Crippen LogP contribution in [0.5, 0.6) is 0 Å². The molecule has 1 aromatic carbocycles. The van der Waals surface area contributed by atoms with Crippen molar-refractivity contribution in [1.29, 1.82) is 0 Å². The number of hydrogen-bond acceptors (Lipinski definition) is 3. The Morgan fingerprint density at radius 1 is 1.16 bits per heavy atom. The quantitative estimate of drug-likeness (QED) is 0.525. The highest BCUT2D eigenvalue weighted by atomic mass is 19.1. The number of benzene rings is 1. The molecule has 3 amide bonds. The van der Waals surface area contributed by atoms with Crippen LogP contribution in [0.4, 0.5) is 19.3 Å². The largest absolute Gasteiger partial charge is 0.343 e. The summed E-state index contributed by atoms with van der Waals surface area (Å²) in [4.78, 5) is 32.2. The Hall–Kier alpha value is -2.51. The van der Waals surface area contributed by atoms with E-state index in [2.05, 4.69) is 10.3 Å². The highest BCUT2D eigenvalue weighted by Gasteiger charge is 2.27. The van der Waals surface area contributed by atoms with Crippen LogP contribution in [0.25, 0.3) is 11.3 Å². The molecule has 1 fully saturated rings. The van der Waals surface area contributed by atoms with Gasteiger partial charge in [0.1, 0.15) is 11.6 Å². The zero-order valence-corrected chi connectivity index (χ0v) is 21.8. The number of halogens is 2. The molecular weight excluding hydrogens is 477 g/mol. The fourth-order valence-corrected chi connectivity index (χ4v) is 3.89. The highest BCUT2D eigenvalue weighted by molar-refractivity contribution is 7.79. The third kappa shape index (κ3) is 9.66. The van der Waals surface area contributed by atoms with E-state index in [0.29, 0.717) is 25.2 Å². The third-order valence-electron chi connectivity index (χ3n) is 6.15. The zero-order chi connectivity index (χ0) is 28.1. The lowest BCUT2D eigenvalue weighted by Crippen LogP contribution is -2.48. The van der Waals surface area contributed by atoms with E-state index in [1.165, 1.54) is 33.4 Å². The summed E-state index contributed by atoms with van der Waals surface area (Å²) in [5, 5.41) is 2.77. The average Bonchev–Trinajstić information content (AvgIpc) is 2.93. The minimum Gasteiger partial charge on any atom is -0.343 e. The van der Waals surface area contributed by atoms with Crippen molar-refractivity contribution in [2.45, 2.75) is 38.6 Å². The molecule has 1 aromatic heterocycles. The Kier molecular flexibility index (Phi) is 13.7. The van der Waals surface area contributed by atoms with E-state index in [9.17, 15) is 18.4 Å². The minimum atomic E-state index is -0.566. The monoisotopic (exact) mass is 504 g/mol. The van der Waals surface area contributed by atoms with Gasteiger partial charge in [0.05, 0.1) is 17.6 Å². The lowest BCUT2D eigenvalue weighted by Gasteiger charge is -2.36. The Morgan fingerprint density at radius 2 is 1.84 bits per heavy atom. The van der Waals surface area contributed by atoms with Crippen molar-refractivity contribution < 1.29 is 18.4 Å². The van der Waals surface area contributed by atoms with Gasteiger partial charge in [-0.25, -0.2) is 13.6 Å². The van der Waals surface area contributed by atoms with Gasteiger partial charge in [-0.2, -0.15) is 0 Å². The van der Waals surface area contributed by atoms with Gasteiger partial charge in [-0.15, -0.1) is 0 Å². The molecule has 38 heavy (non-hydrogen) atoms. The predicted molar refractivity (Wildman–Crippen MR) is 157 cm³/mol. The molecular formula is C22H26B8F2N4O2. The number of pyridine rings is 1. The van der Waals surface area contributed by atoms with Gasteiger partial charge in [0, 0.05) is 96.0 Å². The number of urea groups is 1. The first kappa shape index (κ1) is 31.7. The third-order valence-corrected chi connectivity index (χ3v) is 6.15. The molecule has 1 N–H and O–H groups in total. The van der Waals surface area contributed by atoms with E-state index in [1.54, 1.807) is 25.1 Å². The van der Waals surface area contributed by atoms with Crippen molar-refractivity contribution in [3.63, 3.8) is 0 Å². The number of likely N-dealkylation sites (tertiary alicyclic amines) is 1. The second-order valence-corrected chi connectivity index (χ2v) is 8.81. The lowest BCUT2D eigenvalue weighted by atomic mass is 8.78. The van der Waals surface area contributed by atoms with Gasteiger partial charge in [0.25, 0.3) is 0 Å². The first-order valence-corrected chi connectivity index (χ1v) is 12.5. The zero-order valence-electron chi connectivity index (χ0n) is 21.8. The molecule has 0 bridgehead atoms.